The Morgan fingerprint density at radius 2 is 1.93 bits per heavy atom. The number of hydrogen-bond donors (Lipinski definition) is 1. The molecule has 3 rings (SSSR count). The number of benzene rings is 2. The summed E-state index contributed by atoms with van der Waals surface area (Å²) in [5.41, 5.74) is 2.04. The van der Waals surface area contributed by atoms with E-state index in [4.69, 9.17) is 32.7 Å². The molecule has 3 aromatic rings. The zero-order chi connectivity index (χ0) is 19.9. The molecule has 0 saturated carbocycles. The third kappa shape index (κ3) is 5.15. The molecule has 0 aliphatic rings. The van der Waals surface area contributed by atoms with Crippen molar-refractivity contribution < 1.29 is 14.3 Å². The van der Waals surface area contributed by atoms with Crippen LogP contribution in [-0.2, 0) is 13.2 Å². The third-order valence-electron chi connectivity index (χ3n) is 3.98. The van der Waals surface area contributed by atoms with Gasteiger partial charge in [0.15, 0.2) is 11.5 Å². The summed E-state index contributed by atoms with van der Waals surface area (Å²) in [6, 6.07) is 15.8. The first-order chi connectivity index (χ1) is 13.6. The van der Waals surface area contributed by atoms with E-state index in [1.807, 2.05) is 18.2 Å². The predicted octanol–water partition coefficient (Wildman–Crippen LogP) is 4.91. The summed E-state index contributed by atoms with van der Waals surface area (Å²) in [6.45, 7) is 0.590. The Morgan fingerprint density at radius 1 is 1.07 bits per heavy atom. The van der Waals surface area contributed by atoms with E-state index in [9.17, 15) is 4.79 Å². The molecule has 0 bridgehead atoms. The summed E-state index contributed by atoms with van der Waals surface area (Å²) in [6.07, 6.45) is 1.68. The largest absolute Gasteiger partial charge is 0.493 e. The van der Waals surface area contributed by atoms with Gasteiger partial charge in [-0.2, -0.15) is 0 Å². The zero-order valence-electron chi connectivity index (χ0n) is 15.1. The van der Waals surface area contributed by atoms with Gasteiger partial charge in [0, 0.05) is 27.4 Å². The van der Waals surface area contributed by atoms with Gasteiger partial charge >= 0.3 is 0 Å². The molecule has 0 spiro atoms. The second-order valence-electron chi connectivity index (χ2n) is 5.89. The molecule has 0 aliphatic carbocycles. The van der Waals surface area contributed by atoms with Crippen LogP contribution in [0, 0.1) is 0 Å². The van der Waals surface area contributed by atoms with Crippen molar-refractivity contribution in [2.75, 3.05) is 7.11 Å². The highest BCUT2D eigenvalue weighted by Gasteiger charge is 2.12. The standard InChI is InChI=1S/C21H18Cl2N2O3/c1-27-20-10-14(21(26)25-12-17-4-2-3-9-24-17)6-8-19(20)28-13-15-5-7-16(22)11-18(15)23/h2-11H,12-13H2,1H3,(H,25,26). The molecule has 0 fully saturated rings. The number of pyridine rings is 1. The molecule has 0 radical (unpaired) electrons. The van der Waals surface area contributed by atoms with E-state index in [0.717, 1.165) is 11.3 Å². The first-order valence-corrected chi connectivity index (χ1v) is 9.25. The average Bonchev–Trinajstić information content (AvgIpc) is 2.72. The van der Waals surface area contributed by atoms with Crippen molar-refractivity contribution in [2.45, 2.75) is 13.2 Å². The highest BCUT2D eigenvalue weighted by Crippen LogP contribution is 2.30. The van der Waals surface area contributed by atoms with Crippen molar-refractivity contribution in [3.05, 3.63) is 87.7 Å². The molecule has 0 atom stereocenters. The minimum Gasteiger partial charge on any atom is -0.493 e. The van der Waals surface area contributed by atoms with Crippen LogP contribution in [0.3, 0.4) is 0 Å². The minimum absolute atomic E-state index is 0.226. The molecule has 1 aromatic heterocycles. The zero-order valence-corrected chi connectivity index (χ0v) is 16.6. The Bertz CT molecular complexity index is 965. The topological polar surface area (TPSA) is 60.5 Å². The van der Waals surface area contributed by atoms with E-state index in [0.29, 0.717) is 33.7 Å². The first kappa shape index (κ1) is 20.0. The number of hydrogen-bond acceptors (Lipinski definition) is 4. The molecule has 7 heteroatoms. The van der Waals surface area contributed by atoms with E-state index >= 15 is 0 Å². The fourth-order valence-electron chi connectivity index (χ4n) is 2.50. The molecule has 144 valence electrons. The quantitative estimate of drug-likeness (QED) is 0.594. The highest BCUT2D eigenvalue weighted by atomic mass is 35.5. The second kappa shape index (κ2) is 9.44. The maximum absolute atomic E-state index is 12.4. The van der Waals surface area contributed by atoms with Crippen molar-refractivity contribution in [3.63, 3.8) is 0 Å². The molecular weight excluding hydrogens is 399 g/mol. The van der Waals surface area contributed by atoms with E-state index in [-0.39, 0.29) is 12.5 Å². The number of nitrogens with zero attached hydrogens (tertiary/aromatic N) is 1. The first-order valence-electron chi connectivity index (χ1n) is 8.49. The number of rotatable bonds is 7. The molecule has 0 saturated heterocycles. The van der Waals surface area contributed by atoms with Crippen LogP contribution in [0.2, 0.25) is 10.0 Å². The molecular formula is C21H18Cl2N2O3. The minimum atomic E-state index is -0.226. The summed E-state index contributed by atoms with van der Waals surface area (Å²) in [5.74, 6) is 0.738. The summed E-state index contributed by atoms with van der Waals surface area (Å²) in [5, 5.41) is 3.92. The van der Waals surface area contributed by atoms with Gasteiger partial charge in [-0.15, -0.1) is 0 Å². The molecule has 5 nitrogen and oxygen atoms in total. The van der Waals surface area contributed by atoms with Crippen LogP contribution in [0.15, 0.2) is 60.8 Å². The number of methoxy groups -OCH3 is 1. The smallest absolute Gasteiger partial charge is 0.251 e. The van der Waals surface area contributed by atoms with Crippen LogP contribution >= 0.6 is 23.2 Å². The lowest BCUT2D eigenvalue weighted by Crippen LogP contribution is -2.23. The van der Waals surface area contributed by atoms with Crippen LogP contribution in [0.4, 0.5) is 0 Å². The highest BCUT2D eigenvalue weighted by molar-refractivity contribution is 6.35. The van der Waals surface area contributed by atoms with Gasteiger partial charge in [-0.1, -0.05) is 35.3 Å². The number of nitrogens with one attached hydrogen (secondary N) is 1. The summed E-state index contributed by atoms with van der Waals surface area (Å²) < 4.78 is 11.2. The van der Waals surface area contributed by atoms with Gasteiger partial charge in [0.05, 0.1) is 19.3 Å². The lowest BCUT2D eigenvalue weighted by atomic mass is 10.2. The van der Waals surface area contributed by atoms with Gasteiger partial charge in [0.1, 0.15) is 6.61 Å². The SMILES string of the molecule is COc1cc(C(=O)NCc2ccccn2)ccc1OCc1ccc(Cl)cc1Cl. The lowest BCUT2D eigenvalue weighted by molar-refractivity contribution is 0.0950. The van der Waals surface area contributed by atoms with Crippen molar-refractivity contribution in [1.82, 2.24) is 10.3 Å². The maximum Gasteiger partial charge on any atom is 0.251 e. The molecule has 0 aliphatic heterocycles. The Balaban J connectivity index is 1.66. The normalized spacial score (nSPS) is 10.4. The van der Waals surface area contributed by atoms with E-state index in [1.165, 1.54) is 7.11 Å². The Hall–Kier alpha value is -2.76. The summed E-state index contributed by atoms with van der Waals surface area (Å²) in [4.78, 5) is 16.6. The van der Waals surface area contributed by atoms with Gasteiger partial charge in [0.2, 0.25) is 0 Å². The van der Waals surface area contributed by atoms with Crippen LogP contribution < -0.4 is 14.8 Å². The molecule has 28 heavy (non-hydrogen) atoms. The van der Waals surface area contributed by atoms with Gasteiger partial charge in [-0.05, 0) is 42.5 Å². The molecule has 0 unspecified atom stereocenters. The number of halogens is 2. The average molecular weight is 417 g/mol. The second-order valence-corrected chi connectivity index (χ2v) is 6.74. The van der Waals surface area contributed by atoms with Gasteiger partial charge in [-0.3, -0.25) is 9.78 Å². The van der Waals surface area contributed by atoms with E-state index < -0.39 is 0 Å². The monoisotopic (exact) mass is 416 g/mol. The van der Waals surface area contributed by atoms with Crippen molar-refractivity contribution in [2.24, 2.45) is 0 Å². The van der Waals surface area contributed by atoms with Crippen molar-refractivity contribution in [1.29, 1.82) is 0 Å². The number of carbonyl (C=O) groups excluding carboxylic acids is 1. The van der Waals surface area contributed by atoms with Crippen LogP contribution in [0.25, 0.3) is 0 Å². The van der Waals surface area contributed by atoms with E-state index in [1.54, 1.807) is 42.6 Å². The van der Waals surface area contributed by atoms with Crippen molar-refractivity contribution >= 4 is 29.1 Å². The van der Waals surface area contributed by atoms with E-state index in [2.05, 4.69) is 10.3 Å². The van der Waals surface area contributed by atoms with Crippen LogP contribution in [0.1, 0.15) is 21.6 Å². The summed E-state index contributed by atoms with van der Waals surface area (Å²) >= 11 is 12.1. The number of aromatic nitrogens is 1. The Kier molecular flexibility index (Phi) is 6.74. The van der Waals surface area contributed by atoms with Gasteiger partial charge in [-0.25, -0.2) is 0 Å². The van der Waals surface area contributed by atoms with Crippen molar-refractivity contribution in [3.8, 4) is 11.5 Å². The lowest BCUT2D eigenvalue weighted by Gasteiger charge is -2.13. The molecule has 1 heterocycles. The fourth-order valence-corrected chi connectivity index (χ4v) is 2.96. The third-order valence-corrected chi connectivity index (χ3v) is 4.57. The maximum atomic E-state index is 12.4. The molecule has 2 aromatic carbocycles. The Labute approximate surface area is 173 Å². The fraction of sp³-hybridized carbons (Fsp3) is 0.143. The number of ether oxygens (including phenoxy) is 2. The molecule has 1 amide bonds. The number of amides is 1. The Morgan fingerprint density at radius 3 is 2.64 bits per heavy atom. The van der Waals surface area contributed by atoms with Crippen LogP contribution in [0.5, 0.6) is 11.5 Å². The van der Waals surface area contributed by atoms with Gasteiger partial charge < -0.3 is 14.8 Å². The van der Waals surface area contributed by atoms with Gasteiger partial charge in [0.25, 0.3) is 5.91 Å². The summed E-state index contributed by atoms with van der Waals surface area (Å²) in [7, 11) is 1.52. The predicted molar refractivity (Wildman–Crippen MR) is 109 cm³/mol. The number of carbonyl (C=O) groups is 1. The molecule has 1 N–H and O–H groups in total. The van der Waals surface area contributed by atoms with Crippen LogP contribution in [-0.4, -0.2) is 18.0 Å².